The van der Waals surface area contributed by atoms with Crippen LogP contribution in [0.4, 0.5) is 5.69 Å². The molecule has 4 rings (SSSR count). The first-order chi connectivity index (χ1) is 14.7. The summed E-state index contributed by atoms with van der Waals surface area (Å²) in [6, 6.07) is 12.8. The van der Waals surface area contributed by atoms with Crippen LogP contribution < -0.4 is 5.32 Å². The summed E-state index contributed by atoms with van der Waals surface area (Å²) in [5.74, 6) is 0.179. The fourth-order valence-corrected chi connectivity index (χ4v) is 4.09. The Balaban J connectivity index is 1.57. The number of anilines is 1. The highest BCUT2D eigenvalue weighted by molar-refractivity contribution is 6.04. The Kier molecular flexibility index (Phi) is 6.33. The average molecular weight is 407 g/mol. The summed E-state index contributed by atoms with van der Waals surface area (Å²) in [6.07, 6.45) is 5.38. The summed E-state index contributed by atoms with van der Waals surface area (Å²) in [6.45, 7) is 7.62. The largest absolute Gasteiger partial charge is 0.462 e. The molecule has 0 bridgehead atoms. The van der Waals surface area contributed by atoms with E-state index in [9.17, 15) is 4.79 Å². The maximum atomic E-state index is 12.7. The predicted molar refractivity (Wildman–Crippen MR) is 120 cm³/mol. The molecule has 2 atom stereocenters. The van der Waals surface area contributed by atoms with Crippen molar-refractivity contribution in [3.63, 3.8) is 0 Å². The Morgan fingerprint density at radius 3 is 2.93 bits per heavy atom. The van der Waals surface area contributed by atoms with Gasteiger partial charge in [-0.05, 0) is 36.9 Å². The normalized spacial score (nSPS) is 19.7. The smallest absolute Gasteiger partial charge is 0.341 e. The molecule has 0 aliphatic carbocycles. The van der Waals surface area contributed by atoms with E-state index < -0.39 is 0 Å². The number of esters is 1. The molecule has 30 heavy (non-hydrogen) atoms. The molecule has 2 aromatic heterocycles. The van der Waals surface area contributed by atoms with E-state index in [2.05, 4.69) is 57.4 Å². The molecule has 1 aliphatic rings. The van der Waals surface area contributed by atoms with Gasteiger partial charge in [0.15, 0.2) is 0 Å². The lowest BCUT2D eigenvalue weighted by atomic mass is 9.92. The summed E-state index contributed by atoms with van der Waals surface area (Å²) in [5, 5.41) is 4.62. The molecule has 158 valence electrons. The first-order valence-corrected chi connectivity index (χ1v) is 10.8. The molecule has 0 unspecified atom stereocenters. The van der Waals surface area contributed by atoms with E-state index in [4.69, 9.17) is 4.74 Å². The van der Waals surface area contributed by atoms with Crippen LogP contribution in [-0.4, -0.2) is 46.6 Å². The Morgan fingerprint density at radius 1 is 1.30 bits per heavy atom. The van der Waals surface area contributed by atoms with E-state index in [1.165, 1.54) is 5.56 Å². The lowest BCUT2D eigenvalue weighted by Crippen LogP contribution is -2.46. The van der Waals surface area contributed by atoms with Crippen LogP contribution in [0.1, 0.15) is 42.6 Å². The van der Waals surface area contributed by atoms with Crippen LogP contribution >= 0.6 is 0 Å². The van der Waals surface area contributed by atoms with Crippen LogP contribution in [-0.2, 0) is 11.3 Å². The van der Waals surface area contributed by atoms with E-state index in [1.54, 1.807) is 6.20 Å². The molecular formula is C24H30N4O2. The van der Waals surface area contributed by atoms with E-state index in [1.807, 2.05) is 19.2 Å². The number of aromatic nitrogens is 2. The predicted octanol–water partition coefficient (Wildman–Crippen LogP) is 4.45. The van der Waals surface area contributed by atoms with E-state index >= 15 is 0 Å². The lowest BCUT2D eigenvalue weighted by Gasteiger charge is -2.38. The quantitative estimate of drug-likeness (QED) is 0.567. The third kappa shape index (κ3) is 4.49. The molecule has 0 amide bonds. The van der Waals surface area contributed by atoms with Crippen molar-refractivity contribution in [3.8, 4) is 0 Å². The molecule has 3 heterocycles. The van der Waals surface area contributed by atoms with Gasteiger partial charge in [-0.1, -0.05) is 44.2 Å². The number of H-pyrrole nitrogens is 1. The number of hydrogen-bond donors (Lipinski definition) is 2. The number of pyridine rings is 1. The molecule has 1 aromatic carbocycles. The molecule has 0 saturated carbocycles. The Bertz CT molecular complexity index is 985. The fraction of sp³-hybridized carbons (Fsp3) is 0.417. The summed E-state index contributed by atoms with van der Waals surface area (Å²) in [5.41, 5.74) is 3.42. The van der Waals surface area contributed by atoms with Crippen LogP contribution in [0.25, 0.3) is 11.0 Å². The monoisotopic (exact) mass is 406 g/mol. The maximum Gasteiger partial charge on any atom is 0.341 e. The number of carbonyl (C=O) groups excluding carboxylic acids is 1. The van der Waals surface area contributed by atoms with Crippen LogP contribution in [0.3, 0.4) is 0 Å². The van der Waals surface area contributed by atoms with Crippen molar-refractivity contribution < 1.29 is 9.53 Å². The number of likely N-dealkylation sites (tertiary alicyclic amines) is 1. The summed E-state index contributed by atoms with van der Waals surface area (Å²) < 4.78 is 5.42. The Morgan fingerprint density at radius 2 is 2.13 bits per heavy atom. The molecule has 1 saturated heterocycles. The minimum atomic E-state index is -0.320. The van der Waals surface area contributed by atoms with Gasteiger partial charge in [-0.2, -0.15) is 0 Å². The SMILES string of the molecule is CCCOC(=O)c1cnc2[nH]ccc2c1N[C@H]1CN(Cc2ccccc2)CC[C@H]1C. The second-order valence-electron chi connectivity index (χ2n) is 8.16. The number of hydrogen-bond acceptors (Lipinski definition) is 5. The number of benzene rings is 1. The zero-order chi connectivity index (χ0) is 20.9. The van der Waals surface area contributed by atoms with Crippen LogP contribution in [0.5, 0.6) is 0 Å². The topological polar surface area (TPSA) is 70.2 Å². The zero-order valence-corrected chi connectivity index (χ0v) is 17.7. The summed E-state index contributed by atoms with van der Waals surface area (Å²) >= 11 is 0. The number of aromatic amines is 1. The molecule has 2 N–H and O–H groups in total. The molecular weight excluding hydrogens is 376 g/mol. The number of carbonyl (C=O) groups is 1. The molecule has 6 heteroatoms. The molecule has 1 fully saturated rings. The van der Waals surface area contributed by atoms with Crippen molar-refractivity contribution >= 4 is 22.7 Å². The van der Waals surface area contributed by atoms with E-state index in [0.717, 1.165) is 49.2 Å². The van der Waals surface area contributed by atoms with Crippen molar-refractivity contribution in [2.45, 2.75) is 39.3 Å². The number of nitrogens with zero attached hydrogens (tertiary/aromatic N) is 2. The van der Waals surface area contributed by atoms with Crippen molar-refractivity contribution in [1.82, 2.24) is 14.9 Å². The van der Waals surface area contributed by atoms with Gasteiger partial charge in [0.05, 0.1) is 12.3 Å². The fourth-order valence-electron chi connectivity index (χ4n) is 4.09. The highest BCUT2D eigenvalue weighted by Crippen LogP contribution is 2.30. The second kappa shape index (κ2) is 9.30. The number of ether oxygens (including phenoxy) is 1. The lowest BCUT2D eigenvalue weighted by molar-refractivity contribution is 0.0505. The van der Waals surface area contributed by atoms with Gasteiger partial charge in [-0.15, -0.1) is 0 Å². The van der Waals surface area contributed by atoms with Gasteiger partial charge < -0.3 is 15.0 Å². The molecule has 1 aliphatic heterocycles. The first kappa shape index (κ1) is 20.4. The van der Waals surface area contributed by atoms with Crippen molar-refractivity contribution in [1.29, 1.82) is 0 Å². The number of rotatable bonds is 7. The van der Waals surface area contributed by atoms with Crippen LogP contribution in [0.2, 0.25) is 0 Å². The molecule has 0 spiro atoms. The van der Waals surface area contributed by atoms with Gasteiger partial charge in [0.25, 0.3) is 0 Å². The number of nitrogens with one attached hydrogen (secondary N) is 2. The van der Waals surface area contributed by atoms with Gasteiger partial charge in [-0.3, -0.25) is 4.90 Å². The molecule has 6 nitrogen and oxygen atoms in total. The summed E-state index contributed by atoms with van der Waals surface area (Å²) in [7, 11) is 0. The highest BCUT2D eigenvalue weighted by atomic mass is 16.5. The van der Waals surface area contributed by atoms with E-state index in [-0.39, 0.29) is 12.0 Å². The number of fused-ring (bicyclic) bond motifs is 1. The molecule has 0 radical (unpaired) electrons. The zero-order valence-electron chi connectivity index (χ0n) is 17.7. The van der Waals surface area contributed by atoms with Gasteiger partial charge >= 0.3 is 5.97 Å². The minimum Gasteiger partial charge on any atom is -0.462 e. The Hall–Kier alpha value is -2.86. The second-order valence-corrected chi connectivity index (χ2v) is 8.16. The van der Waals surface area contributed by atoms with Gasteiger partial charge in [0.1, 0.15) is 11.2 Å². The van der Waals surface area contributed by atoms with Crippen molar-refractivity contribution in [3.05, 3.63) is 59.9 Å². The number of piperidine rings is 1. The van der Waals surface area contributed by atoms with Gasteiger partial charge in [0, 0.05) is 36.9 Å². The standard InChI is InChI=1S/C24H30N4O2/c1-3-13-30-24(29)20-14-26-23-19(9-11-25-23)22(20)27-21-16-28(12-10-17(21)2)15-18-7-5-4-6-8-18/h4-9,11,14,17,21H,3,10,12-13,15-16H2,1-2H3,(H2,25,26,27)/t17-,21+/m1/s1. The van der Waals surface area contributed by atoms with Crippen LogP contribution in [0, 0.1) is 5.92 Å². The first-order valence-electron chi connectivity index (χ1n) is 10.8. The third-order valence-electron chi connectivity index (χ3n) is 5.86. The van der Waals surface area contributed by atoms with E-state index in [0.29, 0.717) is 18.1 Å². The Labute approximate surface area is 177 Å². The van der Waals surface area contributed by atoms with Crippen LogP contribution in [0.15, 0.2) is 48.8 Å². The highest BCUT2D eigenvalue weighted by Gasteiger charge is 2.28. The van der Waals surface area contributed by atoms with Gasteiger partial charge in [-0.25, -0.2) is 9.78 Å². The maximum absolute atomic E-state index is 12.7. The molecule has 3 aromatic rings. The average Bonchev–Trinajstić information content (AvgIpc) is 3.24. The van der Waals surface area contributed by atoms with Crippen molar-refractivity contribution in [2.75, 3.05) is 25.0 Å². The third-order valence-corrected chi connectivity index (χ3v) is 5.86. The van der Waals surface area contributed by atoms with Gasteiger partial charge in [0.2, 0.25) is 0 Å². The summed E-state index contributed by atoms with van der Waals surface area (Å²) in [4.78, 5) is 22.7. The van der Waals surface area contributed by atoms with Crippen molar-refractivity contribution in [2.24, 2.45) is 5.92 Å². The minimum absolute atomic E-state index is 0.237.